The minimum Gasteiger partial charge on any atom is -0.489 e. The summed E-state index contributed by atoms with van der Waals surface area (Å²) in [5.74, 6) is 0.556. The molecule has 0 unspecified atom stereocenters. The molecule has 0 fully saturated rings. The Bertz CT molecular complexity index is 1640. The lowest BCUT2D eigenvalue weighted by Gasteiger charge is -2.14. The van der Waals surface area contributed by atoms with Gasteiger partial charge in [0.25, 0.3) is 11.8 Å². The van der Waals surface area contributed by atoms with Crippen molar-refractivity contribution >= 4 is 23.2 Å². The summed E-state index contributed by atoms with van der Waals surface area (Å²) in [6.45, 7) is 2.73. The molecular formula is C35H30N2O4. The second kappa shape index (κ2) is 13.1. The van der Waals surface area contributed by atoms with E-state index < -0.39 is 0 Å². The van der Waals surface area contributed by atoms with E-state index in [1.807, 2.05) is 91.9 Å². The van der Waals surface area contributed by atoms with Crippen LogP contribution in [-0.4, -0.2) is 11.8 Å². The van der Waals surface area contributed by atoms with Crippen LogP contribution in [0.3, 0.4) is 0 Å². The highest BCUT2D eigenvalue weighted by Gasteiger charge is 2.14. The monoisotopic (exact) mass is 542 g/mol. The van der Waals surface area contributed by atoms with Crippen LogP contribution in [0.4, 0.5) is 11.4 Å². The molecule has 2 N–H and O–H groups in total. The Morgan fingerprint density at radius 1 is 0.537 bits per heavy atom. The zero-order valence-corrected chi connectivity index (χ0v) is 22.7. The first-order valence-corrected chi connectivity index (χ1v) is 13.3. The number of carbonyl (C=O) groups excluding carboxylic acids is 2. The standard InChI is InChI=1S/C35H30N2O4/c1-25-18-19-32(36-34(38)28-14-8-16-30(21-28)40-23-26-10-4-2-5-11-26)33(20-25)37-35(39)29-15-9-17-31(22-29)41-24-27-12-6-3-7-13-27/h2-22H,23-24H2,1H3,(H,36,38)(H,37,39). The number of rotatable bonds is 10. The van der Waals surface area contributed by atoms with Gasteiger partial charge in [0.1, 0.15) is 24.7 Å². The highest BCUT2D eigenvalue weighted by atomic mass is 16.5. The average molecular weight is 543 g/mol. The Labute approximate surface area is 239 Å². The van der Waals surface area contributed by atoms with E-state index in [2.05, 4.69) is 10.6 Å². The molecule has 0 saturated carbocycles. The van der Waals surface area contributed by atoms with Gasteiger partial charge in [-0.15, -0.1) is 0 Å². The van der Waals surface area contributed by atoms with Gasteiger partial charge < -0.3 is 20.1 Å². The molecule has 0 radical (unpaired) electrons. The van der Waals surface area contributed by atoms with Crippen LogP contribution in [-0.2, 0) is 13.2 Å². The molecule has 0 aromatic heterocycles. The SMILES string of the molecule is Cc1ccc(NC(=O)c2cccc(OCc3ccccc3)c2)c(NC(=O)c2cccc(OCc3ccccc3)c2)c1. The number of benzene rings is 5. The van der Waals surface area contributed by atoms with Crippen molar-refractivity contribution in [1.82, 2.24) is 0 Å². The summed E-state index contributed by atoms with van der Waals surface area (Å²) in [5, 5.41) is 5.87. The predicted molar refractivity (Wildman–Crippen MR) is 162 cm³/mol. The smallest absolute Gasteiger partial charge is 0.255 e. The fraction of sp³-hybridized carbons (Fsp3) is 0.0857. The zero-order valence-electron chi connectivity index (χ0n) is 22.7. The van der Waals surface area contributed by atoms with Crippen LogP contribution in [0.5, 0.6) is 11.5 Å². The summed E-state index contributed by atoms with van der Waals surface area (Å²) >= 11 is 0. The second-order valence-electron chi connectivity index (χ2n) is 9.56. The minimum absolute atomic E-state index is 0.312. The van der Waals surface area contributed by atoms with E-state index in [1.165, 1.54) is 0 Å². The fourth-order valence-electron chi connectivity index (χ4n) is 4.20. The molecule has 0 atom stereocenters. The van der Waals surface area contributed by atoms with Crippen molar-refractivity contribution in [3.05, 3.63) is 155 Å². The summed E-state index contributed by atoms with van der Waals surface area (Å²) in [6, 6.07) is 39.2. The zero-order chi connectivity index (χ0) is 28.4. The number of ether oxygens (including phenoxy) is 2. The Kier molecular flexibility index (Phi) is 8.72. The molecule has 0 aliphatic rings. The molecule has 2 amide bonds. The molecule has 6 nitrogen and oxygen atoms in total. The maximum Gasteiger partial charge on any atom is 0.255 e. The first-order chi connectivity index (χ1) is 20.0. The van der Waals surface area contributed by atoms with Crippen LogP contribution in [0.15, 0.2) is 127 Å². The Morgan fingerprint density at radius 3 is 1.54 bits per heavy atom. The molecule has 6 heteroatoms. The summed E-state index contributed by atoms with van der Waals surface area (Å²) in [6.07, 6.45) is 0. The molecular weight excluding hydrogens is 512 g/mol. The third-order valence-corrected chi connectivity index (χ3v) is 6.36. The molecule has 5 aromatic rings. The van der Waals surface area contributed by atoms with Gasteiger partial charge in [0.2, 0.25) is 0 Å². The van der Waals surface area contributed by atoms with E-state index in [0.29, 0.717) is 47.2 Å². The number of carbonyl (C=O) groups is 2. The van der Waals surface area contributed by atoms with Gasteiger partial charge in [0.05, 0.1) is 11.4 Å². The number of aryl methyl sites for hydroxylation is 1. The molecule has 5 aromatic carbocycles. The lowest BCUT2D eigenvalue weighted by molar-refractivity contribution is 0.101. The largest absolute Gasteiger partial charge is 0.489 e. The summed E-state index contributed by atoms with van der Waals surface area (Å²) in [4.78, 5) is 26.4. The van der Waals surface area contributed by atoms with Crippen molar-refractivity contribution in [1.29, 1.82) is 0 Å². The molecule has 0 heterocycles. The maximum absolute atomic E-state index is 13.2. The van der Waals surface area contributed by atoms with Crippen molar-refractivity contribution in [2.75, 3.05) is 10.6 Å². The average Bonchev–Trinajstić information content (AvgIpc) is 3.01. The van der Waals surface area contributed by atoms with Gasteiger partial charge in [0.15, 0.2) is 0 Å². The Hall–Kier alpha value is -5.36. The van der Waals surface area contributed by atoms with Crippen LogP contribution in [0.2, 0.25) is 0 Å². The molecule has 0 spiro atoms. The van der Waals surface area contributed by atoms with Gasteiger partial charge in [-0.05, 0) is 72.1 Å². The first-order valence-electron chi connectivity index (χ1n) is 13.3. The lowest BCUT2D eigenvalue weighted by Crippen LogP contribution is -2.17. The van der Waals surface area contributed by atoms with Crippen LogP contribution in [0.1, 0.15) is 37.4 Å². The molecule has 0 aliphatic carbocycles. The quantitative estimate of drug-likeness (QED) is 0.190. The van der Waals surface area contributed by atoms with Gasteiger partial charge in [-0.1, -0.05) is 78.9 Å². The highest BCUT2D eigenvalue weighted by molar-refractivity contribution is 6.10. The molecule has 0 aliphatic heterocycles. The summed E-state index contributed by atoms with van der Waals surface area (Å²) in [7, 11) is 0. The second-order valence-corrected chi connectivity index (χ2v) is 9.56. The van der Waals surface area contributed by atoms with Gasteiger partial charge in [-0.3, -0.25) is 9.59 Å². The van der Waals surface area contributed by atoms with E-state index in [4.69, 9.17) is 9.47 Å². The number of anilines is 2. The normalized spacial score (nSPS) is 10.5. The predicted octanol–water partition coefficient (Wildman–Crippen LogP) is 7.66. The third-order valence-electron chi connectivity index (χ3n) is 6.36. The van der Waals surface area contributed by atoms with Crippen LogP contribution in [0.25, 0.3) is 0 Å². The molecule has 204 valence electrons. The van der Waals surface area contributed by atoms with E-state index in [0.717, 1.165) is 16.7 Å². The minimum atomic E-state index is -0.314. The van der Waals surface area contributed by atoms with Gasteiger partial charge in [0, 0.05) is 11.1 Å². The van der Waals surface area contributed by atoms with E-state index >= 15 is 0 Å². The van der Waals surface area contributed by atoms with Crippen molar-refractivity contribution in [2.24, 2.45) is 0 Å². The highest BCUT2D eigenvalue weighted by Crippen LogP contribution is 2.26. The Balaban J connectivity index is 1.25. The number of nitrogens with one attached hydrogen (secondary N) is 2. The molecule has 0 saturated heterocycles. The Morgan fingerprint density at radius 2 is 1.02 bits per heavy atom. The van der Waals surface area contributed by atoms with Crippen LogP contribution in [0, 0.1) is 6.92 Å². The number of amides is 2. The van der Waals surface area contributed by atoms with Crippen molar-refractivity contribution in [3.63, 3.8) is 0 Å². The number of hydrogen-bond acceptors (Lipinski definition) is 4. The first kappa shape index (κ1) is 27.2. The van der Waals surface area contributed by atoms with Crippen LogP contribution >= 0.6 is 0 Å². The van der Waals surface area contributed by atoms with Crippen molar-refractivity contribution in [2.45, 2.75) is 20.1 Å². The lowest BCUT2D eigenvalue weighted by atomic mass is 10.1. The van der Waals surface area contributed by atoms with Gasteiger partial charge in [-0.25, -0.2) is 0 Å². The fourth-order valence-corrected chi connectivity index (χ4v) is 4.20. The van der Waals surface area contributed by atoms with Crippen molar-refractivity contribution < 1.29 is 19.1 Å². The molecule has 5 rings (SSSR count). The molecule has 0 bridgehead atoms. The number of hydrogen-bond donors (Lipinski definition) is 2. The third kappa shape index (κ3) is 7.61. The van der Waals surface area contributed by atoms with E-state index in [-0.39, 0.29) is 11.8 Å². The van der Waals surface area contributed by atoms with Crippen molar-refractivity contribution in [3.8, 4) is 11.5 Å². The topological polar surface area (TPSA) is 76.7 Å². The van der Waals surface area contributed by atoms with E-state index in [1.54, 1.807) is 42.5 Å². The van der Waals surface area contributed by atoms with Crippen LogP contribution < -0.4 is 20.1 Å². The maximum atomic E-state index is 13.2. The summed E-state index contributed by atoms with van der Waals surface area (Å²) in [5.41, 5.74) is 4.88. The van der Waals surface area contributed by atoms with E-state index in [9.17, 15) is 9.59 Å². The van der Waals surface area contributed by atoms with Gasteiger partial charge in [-0.2, -0.15) is 0 Å². The van der Waals surface area contributed by atoms with Gasteiger partial charge >= 0.3 is 0 Å². The summed E-state index contributed by atoms with van der Waals surface area (Å²) < 4.78 is 11.8. The molecule has 41 heavy (non-hydrogen) atoms.